The second-order valence-corrected chi connectivity index (χ2v) is 7.89. The number of fused-ring (bicyclic) bond motifs is 2. The Morgan fingerprint density at radius 3 is 2.42 bits per heavy atom. The van der Waals surface area contributed by atoms with Crippen molar-refractivity contribution in [3.63, 3.8) is 0 Å². The van der Waals surface area contributed by atoms with E-state index >= 15 is 0 Å². The van der Waals surface area contributed by atoms with Crippen LogP contribution in [0.1, 0.15) is 10.6 Å². The molecule has 4 aromatic rings. The zero-order chi connectivity index (χ0) is 17.7. The van der Waals surface area contributed by atoms with Crippen LogP contribution < -0.4 is 9.80 Å². The summed E-state index contributed by atoms with van der Waals surface area (Å²) < 4.78 is 5.75. The van der Waals surface area contributed by atoms with Crippen LogP contribution in [0.2, 0.25) is 0 Å². The maximum atomic E-state index is 5.75. The first-order chi connectivity index (χ1) is 12.7. The molecule has 0 aromatic carbocycles. The molecule has 0 spiro atoms. The Hall–Kier alpha value is -2.67. The number of piperazine rings is 1. The van der Waals surface area contributed by atoms with Gasteiger partial charge in [0.2, 0.25) is 0 Å². The molecule has 6 nitrogen and oxygen atoms in total. The van der Waals surface area contributed by atoms with Gasteiger partial charge in [-0.2, -0.15) is 0 Å². The van der Waals surface area contributed by atoms with Crippen molar-refractivity contribution in [2.45, 2.75) is 13.8 Å². The molecule has 132 valence electrons. The number of rotatable bonds is 2. The van der Waals surface area contributed by atoms with Crippen LogP contribution in [0, 0.1) is 13.8 Å². The van der Waals surface area contributed by atoms with Crippen LogP contribution in [0.5, 0.6) is 0 Å². The lowest BCUT2D eigenvalue weighted by Gasteiger charge is -2.36. The lowest BCUT2D eigenvalue weighted by atomic mass is 10.2. The van der Waals surface area contributed by atoms with E-state index in [0.717, 1.165) is 64.8 Å². The van der Waals surface area contributed by atoms with Gasteiger partial charge in [-0.05, 0) is 32.0 Å². The van der Waals surface area contributed by atoms with Crippen LogP contribution in [-0.4, -0.2) is 41.1 Å². The van der Waals surface area contributed by atoms with Crippen LogP contribution in [-0.2, 0) is 0 Å². The fourth-order valence-electron chi connectivity index (χ4n) is 3.67. The fourth-order valence-corrected chi connectivity index (χ4v) is 4.52. The van der Waals surface area contributed by atoms with Crippen LogP contribution >= 0.6 is 11.3 Å². The number of aryl methyl sites for hydroxylation is 2. The molecule has 0 saturated carbocycles. The molecule has 1 fully saturated rings. The van der Waals surface area contributed by atoms with E-state index in [1.54, 1.807) is 17.7 Å². The lowest BCUT2D eigenvalue weighted by molar-refractivity contribution is 0.578. The summed E-state index contributed by atoms with van der Waals surface area (Å²) in [6.07, 6.45) is 3.51. The van der Waals surface area contributed by atoms with E-state index in [0.29, 0.717) is 0 Å². The number of hydrogen-bond acceptors (Lipinski definition) is 7. The van der Waals surface area contributed by atoms with Crippen molar-refractivity contribution in [3.05, 3.63) is 41.4 Å². The molecule has 5 heterocycles. The number of nitrogens with zero attached hydrogens (tertiary/aromatic N) is 5. The van der Waals surface area contributed by atoms with Crippen molar-refractivity contribution in [2.24, 2.45) is 0 Å². The van der Waals surface area contributed by atoms with Crippen molar-refractivity contribution >= 4 is 44.2 Å². The van der Waals surface area contributed by atoms with E-state index in [4.69, 9.17) is 4.42 Å². The Labute approximate surface area is 155 Å². The lowest BCUT2D eigenvalue weighted by Crippen LogP contribution is -2.47. The second kappa shape index (κ2) is 5.95. The molecule has 0 aliphatic carbocycles. The predicted molar refractivity (Wildman–Crippen MR) is 105 cm³/mol. The van der Waals surface area contributed by atoms with Crippen LogP contribution in [0.15, 0.2) is 35.1 Å². The SMILES string of the molecule is Cc1cc2c(N3CCN(c4ncnc5sc(C)cc45)CC3)nccc2o1. The third-order valence-corrected chi connectivity index (χ3v) is 5.82. The van der Waals surface area contributed by atoms with Crippen molar-refractivity contribution in [1.29, 1.82) is 0 Å². The molecule has 0 amide bonds. The average Bonchev–Trinajstić information content (AvgIpc) is 3.22. The molecular weight excluding hydrogens is 346 g/mol. The number of hydrogen-bond donors (Lipinski definition) is 0. The Balaban J connectivity index is 1.42. The van der Waals surface area contributed by atoms with E-state index in [1.165, 1.54) is 4.88 Å². The van der Waals surface area contributed by atoms with E-state index in [2.05, 4.69) is 43.8 Å². The van der Waals surface area contributed by atoms with Gasteiger partial charge < -0.3 is 14.2 Å². The third kappa shape index (κ3) is 2.50. The zero-order valence-corrected chi connectivity index (χ0v) is 15.6. The Morgan fingerprint density at radius 2 is 1.65 bits per heavy atom. The zero-order valence-electron chi connectivity index (χ0n) is 14.8. The van der Waals surface area contributed by atoms with Gasteiger partial charge >= 0.3 is 0 Å². The van der Waals surface area contributed by atoms with Gasteiger partial charge in [-0.3, -0.25) is 0 Å². The van der Waals surface area contributed by atoms with Crippen LogP contribution in [0.3, 0.4) is 0 Å². The summed E-state index contributed by atoms with van der Waals surface area (Å²) in [5.41, 5.74) is 0.904. The van der Waals surface area contributed by atoms with Gasteiger partial charge in [0.1, 0.15) is 34.1 Å². The maximum Gasteiger partial charge on any atom is 0.140 e. The minimum atomic E-state index is 0.904. The first kappa shape index (κ1) is 15.6. The molecular formula is C19H19N5OS. The number of aromatic nitrogens is 3. The summed E-state index contributed by atoms with van der Waals surface area (Å²) in [4.78, 5) is 20.6. The van der Waals surface area contributed by atoms with Gasteiger partial charge in [-0.25, -0.2) is 15.0 Å². The Bertz CT molecular complexity index is 1010. The Morgan fingerprint density at radius 1 is 0.923 bits per heavy atom. The summed E-state index contributed by atoms with van der Waals surface area (Å²) in [5, 5.41) is 2.26. The molecule has 0 radical (unpaired) electrons. The maximum absolute atomic E-state index is 5.75. The van der Waals surface area contributed by atoms with Gasteiger partial charge in [0.05, 0.1) is 10.8 Å². The fraction of sp³-hybridized carbons (Fsp3) is 0.316. The molecule has 0 atom stereocenters. The van der Waals surface area contributed by atoms with Crippen molar-refractivity contribution < 1.29 is 4.42 Å². The van der Waals surface area contributed by atoms with E-state index in [-0.39, 0.29) is 0 Å². The first-order valence-electron chi connectivity index (χ1n) is 8.75. The normalized spacial score (nSPS) is 15.3. The minimum absolute atomic E-state index is 0.904. The minimum Gasteiger partial charge on any atom is -0.461 e. The van der Waals surface area contributed by atoms with Gasteiger partial charge in [0.25, 0.3) is 0 Å². The average molecular weight is 365 g/mol. The molecule has 26 heavy (non-hydrogen) atoms. The standard InChI is InChI=1S/C19H19N5OS/c1-12-9-14-16(25-12)3-4-20-17(14)23-5-7-24(8-6-23)18-15-10-13(2)26-19(15)22-11-21-18/h3-4,9-11H,5-8H2,1-2H3. The molecule has 7 heteroatoms. The van der Waals surface area contributed by atoms with Crippen molar-refractivity contribution in [2.75, 3.05) is 36.0 Å². The largest absolute Gasteiger partial charge is 0.461 e. The summed E-state index contributed by atoms with van der Waals surface area (Å²) in [6.45, 7) is 7.74. The van der Waals surface area contributed by atoms with Gasteiger partial charge in [-0.1, -0.05) is 0 Å². The van der Waals surface area contributed by atoms with E-state index < -0.39 is 0 Å². The highest BCUT2D eigenvalue weighted by Gasteiger charge is 2.23. The van der Waals surface area contributed by atoms with E-state index in [1.807, 2.05) is 19.2 Å². The van der Waals surface area contributed by atoms with Gasteiger partial charge in [-0.15, -0.1) is 11.3 Å². The highest BCUT2D eigenvalue weighted by molar-refractivity contribution is 7.18. The molecule has 4 aromatic heterocycles. The van der Waals surface area contributed by atoms with Crippen LogP contribution in [0.4, 0.5) is 11.6 Å². The van der Waals surface area contributed by atoms with Gasteiger partial charge in [0, 0.05) is 37.3 Å². The van der Waals surface area contributed by atoms with E-state index in [9.17, 15) is 0 Å². The molecule has 0 bridgehead atoms. The number of thiophene rings is 1. The quantitative estimate of drug-likeness (QED) is 0.539. The summed E-state index contributed by atoms with van der Waals surface area (Å²) in [6, 6.07) is 6.20. The molecule has 1 aliphatic heterocycles. The summed E-state index contributed by atoms with van der Waals surface area (Å²) in [7, 11) is 0. The smallest absolute Gasteiger partial charge is 0.140 e. The Kier molecular flexibility index (Phi) is 3.56. The number of pyridine rings is 1. The molecule has 5 rings (SSSR count). The molecule has 1 aliphatic rings. The number of anilines is 2. The summed E-state index contributed by atoms with van der Waals surface area (Å²) in [5.74, 6) is 2.98. The molecule has 0 N–H and O–H groups in total. The predicted octanol–water partition coefficient (Wildman–Crippen LogP) is 3.78. The van der Waals surface area contributed by atoms with Crippen molar-refractivity contribution in [1.82, 2.24) is 15.0 Å². The van der Waals surface area contributed by atoms with Crippen molar-refractivity contribution in [3.8, 4) is 0 Å². The van der Waals surface area contributed by atoms with Crippen LogP contribution in [0.25, 0.3) is 21.2 Å². The molecule has 0 unspecified atom stereocenters. The number of furan rings is 1. The third-order valence-electron chi connectivity index (χ3n) is 4.86. The van der Waals surface area contributed by atoms with Gasteiger partial charge in [0.15, 0.2) is 0 Å². The highest BCUT2D eigenvalue weighted by Crippen LogP contribution is 2.32. The molecule has 1 saturated heterocycles. The first-order valence-corrected chi connectivity index (χ1v) is 9.57. The topological polar surface area (TPSA) is 58.3 Å². The second-order valence-electron chi connectivity index (χ2n) is 6.65. The highest BCUT2D eigenvalue weighted by atomic mass is 32.1. The monoisotopic (exact) mass is 365 g/mol. The summed E-state index contributed by atoms with van der Waals surface area (Å²) >= 11 is 1.72.